The quantitative estimate of drug-likeness (QED) is 0.412. The predicted molar refractivity (Wildman–Crippen MR) is 115 cm³/mol. The Morgan fingerprint density at radius 2 is 1.90 bits per heavy atom. The lowest BCUT2D eigenvalue weighted by Gasteiger charge is -2.13. The fraction of sp³-hybridized carbons (Fsp3) is 0.130. The van der Waals surface area contributed by atoms with E-state index in [1.807, 2.05) is 48.9 Å². The van der Waals surface area contributed by atoms with Gasteiger partial charge in [0.15, 0.2) is 0 Å². The van der Waals surface area contributed by atoms with E-state index >= 15 is 0 Å². The molecule has 3 heterocycles. The molecule has 6 heteroatoms. The van der Waals surface area contributed by atoms with Gasteiger partial charge in [-0.1, -0.05) is 24.3 Å². The van der Waals surface area contributed by atoms with Gasteiger partial charge in [0.05, 0.1) is 17.9 Å². The zero-order chi connectivity index (χ0) is 19.6. The lowest BCUT2D eigenvalue weighted by Crippen LogP contribution is -2.30. The summed E-state index contributed by atoms with van der Waals surface area (Å²) >= 11 is 0. The monoisotopic (exact) mass is 383 g/mol. The van der Waals surface area contributed by atoms with Crippen molar-refractivity contribution in [2.75, 3.05) is 6.61 Å². The minimum absolute atomic E-state index is 0.111. The van der Waals surface area contributed by atoms with Crippen molar-refractivity contribution in [3.05, 3.63) is 78.9 Å². The maximum Gasteiger partial charge on any atom is 0.138 e. The van der Waals surface area contributed by atoms with Gasteiger partial charge in [0.1, 0.15) is 12.4 Å². The summed E-state index contributed by atoms with van der Waals surface area (Å²) in [5.74, 6) is 0.712. The number of fused-ring (bicyclic) bond motifs is 2. The molecule has 3 aromatic heterocycles. The van der Waals surface area contributed by atoms with Gasteiger partial charge in [-0.05, 0) is 41.8 Å². The van der Waals surface area contributed by atoms with Crippen LogP contribution in [-0.2, 0) is 6.42 Å². The highest BCUT2D eigenvalue weighted by Gasteiger charge is 2.10. The van der Waals surface area contributed by atoms with Crippen LogP contribution in [0.5, 0.6) is 5.75 Å². The molecule has 6 nitrogen and oxygen atoms in total. The zero-order valence-electron chi connectivity index (χ0n) is 15.8. The van der Waals surface area contributed by atoms with Crippen LogP contribution in [0.3, 0.4) is 0 Å². The van der Waals surface area contributed by atoms with Gasteiger partial charge < -0.3 is 15.5 Å². The normalized spacial score (nSPS) is 12.4. The van der Waals surface area contributed by atoms with Crippen molar-refractivity contribution in [1.82, 2.24) is 20.2 Å². The summed E-state index contributed by atoms with van der Waals surface area (Å²) in [6.45, 7) is 0.422. The third-order valence-electron chi connectivity index (χ3n) is 5.11. The molecule has 29 heavy (non-hydrogen) atoms. The second-order valence-corrected chi connectivity index (χ2v) is 7.22. The first-order chi connectivity index (χ1) is 14.3. The Morgan fingerprint density at radius 3 is 2.86 bits per heavy atom. The predicted octanol–water partition coefficient (Wildman–Crippen LogP) is 4.06. The van der Waals surface area contributed by atoms with Gasteiger partial charge >= 0.3 is 0 Å². The summed E-state index contributed by atoms with van der Waals surface area (Å²) in [4.78, 5) is 7.62. The van der Waals surface area contributed by atoms with Gasteiger partial charge in [0, 0.05) is 40.3 Å². The number of rotatable bonds is 6. The molecule has 5 aromatic rings. The smallest absolute Gasteiger partial charge is 0.138 e. The molecular weight excluding hydrogens is 362 g/mol. The van der Waals surface area contributed by atoms with E-state index in [-0.39, 0.29) is 6.04 Å². The number of hydrogen-bond acceptors (Lipinski definition) is 4. The van der Waals surface area contributed by atoms with Gasteiger partial charge in [0.2, 0.25) is 0 Å². The molecule has 0 saturated carbocycles. The van der Waals surface area contributed by atoms with Gasteiger partial charge in [-0.2, -0.15) is 5.10 Å². The SMILES string of the molecule is NC(COc1cncc(-c2ccc3[nH]ncc3c2)c1)Cc1c[nH]c2ccccc12. The number of nitrogens with one attached hydrogen (secondary N) is 2. The van der Waals surface area contributed by atoms with E-state index in [0.29, 0.717) is 12.4 Å². The molecule has 5 rings (SSSR count). The molecule has 0 amide bonds. The molecule has 0 aliphatic rings. The Kier molecular flexibility index (Phi) is 4.46. The highest BCUT2D eigenvalue weighted by Crippen LogP contribution is 2.26. The van der Waals surface area contributed by atoms with E-state index in [0.717, 1.165) is 34.0 Å². The van der Waals surface area contributed by atoms with Crippen molar-refractivity contribution in [3.8, 4) is 16.9 Å². The third kappa shape index (κ3) is 3.58. The molecule has 0 fully saturated rings. The molecule has 0 bridgehead atoms. The van der Waals surface area contributed by atoms with Crippen molar-refractivity contribution >= 4 is 21.8 Å². The molecule has 1 atom stereocenters. The minimum Gasteiger partial charge on any atom is -0.490 e. The first kappa shape index (κ1) is 17.5. The van der Waals surface area contributed by atoms with E-state index in [9.17, 15) is 0 Å². The van der Waals surface area contributed by atoms with Gasteiger partial charge in [-0.25, -0.2) is 0 Å². The van der Waals surface area contributed by atoms with Gasteiger partial charge in [-0.15, -0.1) is 0 Å². The van der Waals surface area contributed by atoms with Crippen molar-refractivity contribution < 1.29 is 4.74 Å². The average molecular weight is 383 g/mol. The number of para-hydroxylation sites is 1. The van der Waals surface area contributed by atoms with Crippen molar-refractivity contribution in [2.24, 2.45) is 5.73 Å². The maximum atomic E-state index is 6.33. The summed E-state index contributed by atoms with van der Waals surface area (Å²) < 4.78 is 5.95. The van der Waals surface area contributed by atoms with Crippen molar-refractivity contribution in [1.29, 1.82) is 0 Å². The largest absolute Gasteiger partial charge is 0.490 e. The fourth-order valence-electron chi connectivity index (χ4n) is 3.62. The second-order valence-electron chi connectivity index (χ2n) is 7.22. The van der Waals surface area contributed by atoms with E-state index < -0.39 is 0 Å². The molecule has 144 valence electrons. The Balaban J connectivity index is 1.27. The van der Waals surface area contributed by atoms with Crippen LogP contribution in [0.4, 0.5) is 0 Å². The van der Waals surface area contributed by atoms with Crippen LogP contribution in [0, 0.1) is 0 Å². The molecule has 1 unspecified atom stereocenters. The first-order valence-electron chi connectivity index (χ1n) is 9.58. The minimum atomic E-state index is -0.111. The van der Waals surface area contributed by atoms with Crippen LogP contribution in [0.25, 0.3) is 32.9 Å². The molecule has 0 aliphatic heterocycles. The van der Waals surface area contributed by atoms with E-state index in [1.54, 1.807) is 6.20 Å². The summed E-state index contributed by atoms with van der Waals surface area (Å²) in [7, 11) is 0. The highest BCUT2D eigenvalue weighted by atomic mass is 16.5. The van der Waals surface area contributed by atoms with Crippen molar-refractivity contribution in [2.45, 2.75) is 12.5 Å². The first-order valence-corrected chi connectivity index (χ1v) is 9.58. The molecule has 0 saturated heterocycles. The van der Waals surface area contributed by atoms with Crippen LogP contribution in [0.2, 0.25) is 0 Å². The lowest BCUT2D eigenvalue weighted by atomic mass is 10.1. The number of aromatic amines is 2. The second kappa shape index (κ2) is 7.41. The Hall–Kier alpha value is -3.64. The maximum absolute atomic E-state index is 6.33. The highest BCUT2D eigenvalue weighted by molar-refractivity contribution is 5.84. The molecular formula is C23H21N5O. The number of aromatic nitrogens is 4. The van der Waals surface area contributed by atoms with E-state index in [2.05, 4.69) is 38.4 Å². The number of ether oxygens (including phenoxy) is 1. The summed E-state index contributed by atoms with van der Waals surface area (Å²) in [5, 5.41) is 9.31. The Morgan fingerprint density at radius 1 is 0.966 bits per heavy atom. The van der Waals surface area contributed by atoms with Crippen LogP contribution < -0.4 is 10.5 Å². The molecule has 2 aromatic carbocycles. The summed E-state index contributed by atoms with van der Waals surface area (Å²) in [5.41, 5.74) is 11.7. The average Bonchev–Trinajstić information content (AvgIpc) is 3.39. The standard InChI is InChI=1S/C23H21N5O/c24-19(8-17-11-26-23-4-2-1-3-21(17)23)14-29-20-9-16(10-25-13-20)15-5-6-22-18(7-15)12-27-28-22/h1-7,9-13,19,26H,8,14,24H2,(H,27,28). The van der Waals surface area contributed by atoms with E-state index in [1.165, 1.54) is 10.9 Å². The van der Waals surface area contributed by atoms with E-state index in [4.69, 9.17) is 10.5 Å². The Bertz CT molecular complexity index is 1270. The molecule has 0 aliphatic carbocycles. The summed E-state index contributed by atoms with van der Waals surface area (Å²) in [6.07, 6.45) is 8.14. The number of nitrogens with zero attached hydrogens (tertiary/aromatic N) is 2. The fourth-order valence-corrected chi connectivity index (χ4v) is 3.62. The van der Waals surface area contributed by atoms with Crippen LogP contribution in [0.1, 0.15) is 5.56 Å². The number of hydrogen-bond donors (Lipinski definition) is 3. The van der Waals surface area contributed by atoms with Crippen molar-refractivity contribution in [3.63, 3.8) is 0 Å². The summed E-state index contributed by atoms with van der Waals surface area (Å²) in [6, 6.07) is 16.3. The zero-order valence-corrected chi connectivity index (χ0v) is 15.8. The number of benzene rings is 2. The molecule has 0 spiro atoms. The van der Waals surface area contributed by atoms with Crippen LogP contribution in [0.15, 0.2) is 73.3 Å². The van der Waals surface area contributed by atoms with Crippen LogP contribution >= 0.6 is 0 Å². The Labute approximate surface area is 167 Å². The van der Waals surface area contributed by atoms with Crippen LogP contribution in [-0.4, -0.2) is 32.8 Å². The molecule has 0 radical (unpaired) electrons. The lowest BCUT2D eigenvalue weighted by molar-refractivity contribution is 0.287. The number of H-pyrrole nitrogens is 2. The van der Waals surface area contributed by atoms with Gasteiger partial charge in [0.25, 0.3) is 0 Å². The number of pyridine rings is 1. The number of nitrogens with two attached hydrogens (primary N) is 1. The topological polar surface area (TPSA) is 92.6 Å². The third-order valence-corrected chi connectivity index (χ3v) is 5.11. The molecule has 4 N–H and O–H groups in total. The van der Waals surface area contributed by atoms with Gasteiger partial charge in [-0.3, -0.25) is 10.1 Å².